The van der Waals surface area contributed by atoms with Gasteiger partial charge >= 0.3 is 0 Å². The van der Waals surface area contributed by atoms with E-state index in [9.17, 15) is 14.7 Å². The van der Waals surface area contributed by atoms with Crippen molar-refractivity contribution in [3.63, 3.8) is 0 Å². The minimum Gasteiger partial charge on any atom is -0.507 e. The van der Waals surface area contributed by atoms with Crippen molar-refractivity contribution in [1.29, 1.82) is 0 Å². The van der Waals surface area contributed by atoms with Gasteiger partial charge in [0.25, 0.3) is 11.8 Å². The molecule has 1 aliphatic rings. The molecule has 1 fully saturated rings. The topological polar surface area (TPSA) is 78.9 Å². The number of nitrogens with zero attached hydrogens (tertiary/aromatic N) is 1. The Morgan fingerprint density at radius 2 is 1.92 bits per heavy atom. The number of phenolic OH excluding ortho intramolecular Hbond substituents is 1. The molecule has 2 amide bonds. The van der Waals surface area contributed by atoms with E-state index in [4.69, 9.17) is 17.0 Å². The predicted molar refractivity (Wildman–Crippen MR) is 104 cm³/mol. The third-order valence-corrected chi connectivity index (χ3v) is 4.88. The number of hydrogen-bond donors (Lipinski definition) is 2. The number of hydrogen-bond acceptors (Lipinski definition) is 6. The molecule has 0 aromatic heterocycles. The monoisotopic (exact) mass is 386 g/mol. The van der Waals surface area contributed by atoms with E-state index in [1.165, 1.54) is 19.3 Å². The zero-order chi connectivity index (χ0) is 18.7. The number of phenols is 1. The van der Waals surface area contributed by atoms with E-state index in [1.54, 1.807) is 42.5 Å². The minimum atomic E-state index is -0.512. The first-order chi connectivity index (χ1) is 12.5. The van der Waals surface area contributed by atoms with E-state index in [-0.39, 0.29) is 15.6 Å². The van der Waals surface area contributed by atoms with E-state index in [0.29, 0.717) is 16.2 Å². The maximum Gasteiger partial charge on any atom is 0.285 e. The molecule has 3 rings (SSSR count). The van der Waals surface area contributed by atoms with Gasteiger partial charge in [0.2, 0.25) is 0 Å². The molecule has 0 atom stereocenters. The maximum atomic E-state index is 12.6. The van der Waals surface area contributed by atoms with Gasteiger partial charge < -0.3 is 9.84 Å². The summed E-state index contributed by atoms with van der Waals surface area (Å²) in [5.74, 6) is -0.537. The number of aromatic hydroxyl groups is 1. The van der Waals surface area contributed by atoms with Gasteiger partial charge in [0.1, 0.15) is 11.5 Å². The Labute approximate surface area is 159 Å². The number of ether oxygens (including phenoxy) is 1. The highest BCUT2D eigenvalue weighted by molar-refractivity contribution is 8.26. The summed E-state index contributed by atoms with van der Waals surface area (Å²) in [7, 11) is 1.46. The first-order valence-electron chi connectivity index (χ1n) is 7.51. The molecular weight excluding hydrogens is 372 g/mol. The molecule has 1 aliphatic heterocycles. The molecule has 2 aromatic rings. The summed E-state index contributed by atoms with van der Waals surface area (Å²) in [5.41, 5.74) is 3.28. The lowest BCUT2D eigenvalue weighted by molar-refractivity contribution is -0.123. The van der Waals surface area contributed by atoms with Crippen LogP contribution in [0.5, 0.6) is 11.5 Å². The fraction of sp³-hybridized carbons (Fsp3) is 0.0556. The highest BCUT2D eigenvalue weighted by Crippen LogP contribution is 2.33. The molecule has 0 bridgehead atoms. The van der Waals surface area contributed by atoms with Gasteiger partial charge in [-0.25, -0.2) is 0 Å². The van der Waals surface area contributed by atoms with E-state index in [0.717, 1.165) is 16.8 Å². The van der Waals surface area contributed by atoms with Crippen molar-refractivity contribution >= 4 is 46.2 Å². The third-order valence-electron chi connectivity index (χ3n) is 3.58. The Morgan fingerprint density at radius 1 is 1.23 bits per heavy atom. The van der Waals surface area contributed by atoms with Gasteiger partial charge in [-0.2, -0.15) is 5.01 Å². The fourth-order valence-corrected chi connectivity index (χ4v) is 3.48. The number of amides is 2. The molecule has 1 heterocycles. The molecule has 132 valence electrons. The Bertz CT molecular complexity index is 927. The molecule has 0 aliphatic carbocycles. The average Bonchev–Trinajstić information content (AvgIpc) is 2.91. The largest absolute Gasteiger partial charge is 0.507 e. The van der Waals surface area contributed by atoms with Crippen molar-refractivity contribution in [3.05, 3.63) is 64.6 Å². The summed E-state index contributed by atoms with van der Waals surface area (Å²) >= 11 is 6.24. The molecule has 8 heteroatoms. The molecule has 2 N–H and O–H groups in total. The molecular formula is C18H14N2O4S2. The lowest BCUT2D eigenvalue weighted by Crippen LogP contribution is -2.44. The first-order valence-corrected chi connectivity index (χ1v) is 8.73. The van der Waals surface area contributed by atoms with Crippen LogP contribution in [0.15, 0.2) is 53.4 Å². The summed E-state index contributed by atoms with van der Waals surface area (Å²) in [5, 5.41) is 10.9. The van der Waals surface area contributed by atoms with Crippen molar-refractivity contribution in [2.45, 2.75) is 0 Å². The summed E-state index contributed by atoms with van der Waals surface area (Å²) in [6.07, 6.45) is 1.53. The number of thiocarbonyl (C=S) groups is 1. The smallest absolute Gasteiger partial charge is 0.285 e. The fourth-order valence-electron chi connectivity index (χ4n) is 2.31. The number of carbonyl (C=O) groups is 2. The van der Waals surface area contributed by atoms with Crippen molar-refractivity contribution in [3.8, 4) is 11.5 Å². The zero-order valence-electron chi connectivity index (χ0n) is 13.6. The molecule has 26 heavy (non-hydrogen) atoms. The van der Waals surface area contributed by atoms with Crippen LogP contribution < -0.4 is 10.2 Å². The Hall–Kier alpha value is -2.84. The molecule has 0 saturated carbocycles. The lowest BCUT2D eigenvalue weighted by atomic mass is 10.2. The van der Waals surface area contributed by atoms with Gasteiger partial charge in [0, 0.05) is 5.56 Å². The molecule has 2 aromatic carbocycles. The second kappa shape index (κ2) is 7.59. The first kappa shape index (κ1) is 18.0. The van der Waals surface area contributed by atoms with Crippen LogP contribution in [0.2, 0.25) is 0 Å². The quantitative estimate of drug-likeness (QED) is 0.621. The minimum absolute atomic E-state index is 0.0517. The SMILES string of the molecule is COc1ccccc1C(=O)NN1C(=O)/C(=C\c2ccccc2O)SC1=S. The van der Waals surface area contributed by atoms with Gasteiger partial charge in [-0.05, 0) is 36.5 Å². The van der Waals surface area contributed by atoms with E-state index in [2.05, 4.69) is 5.43 Å². The van der Waals surface area contributed by atoms with Crippen LogP contribution in [-0.2, 0) is 4.79 Å². The summed E-state index contributed by atoms with van der Waals surface area (Å²) in [6, 6.07) is 13.3. The van der Waals surface area contributed by atoms with Crippen molar-refractivity contribution in [2.24, 2.45) is 0 Å². The van der Waals surface area contributed by atoms with Gasteiger partial charge in [0.05, 0.1) is 17.6 Å². The highest BCUT2D eigenvalue weighted by Gasteiger charge is 2.34. The van der Waals surface area contributed by atoms with Crippen molar-refractivity contribution in [2.75, 3.05) is 7.11 Å². The Morgan fingerprint density at radius 3 is 2.65 bits per heavy atom. The number of rotatable bonds is 4. The Kier molecular flexibility index (Phi) is 5.24. The van der Waals surface area contributed by atoms with Crippen molar-refractivity contribution < 1.29 is 19.4 Å². The molecule has 0 radical (unpaired) electrons. The van der Waals surface area contributed by atoms with Gasteiger partial charge in [0.15, 0.2) is 4.32 Å². The van der Waals surface area contributed by atoms with Crippen LogP contribution in [-0.4, -0.2) is 33.4 Å². The number of thioether (sulfide) groups is 1. The van der Waals surface area contributed by atoms with E-state index >= 15 is 0 Å². The second-order valence-corrected chi connectivity index (χ2v) is 6.89. The van der Waals surface area contributed by atoms with Crippen LogP contribution >= 0.6 is 24.0 Å². The molecule has 0 spiro atoms. The number of para-hydroxylation sites is 2. The molecule has 0 unspecified atom stereocenters. The van der Waals surface area contributed by atoms with Crippen LogP contribution in [0.25, 0.3) is 6.08 Å². The van der Waals surface area contributed by atoms with Crippen LogP contribution in [0, 0.1) is 0 Å². The molecule has 1 saturated heterocycles. The number of methoxy groups -OCH3 is 1. The third kappa shape index (κ3) is 3.56. The van der Waals surface area contributed by atoms with E-state index < -0.39 is 11.8 Å². The standard InChI is InChI=1S/C18H14N2O4S2/c1-24-14-9-5-3-7-12(14)16(22)19-20-17(23)15(26-18(20)25)10-11-6-2-4-8-13(11)21/h2-10,21H,1H3,(H,19,22)/b15-10+. The number of carbonyl (C=O) groups excluding carboxylic acids is 2. The maximum absolute atomic E-state index is 12.6. The van der Waals surface area contributed by atoms with Gasteiger partial charge in [-0.15, -0.1) is 0 Å². The Balaban J connectivity index is 1.82. The van der Waals surface area contributed by atoms with Crippen LogP contribution in [0.1, 0.15) is 15.9 Å². The van der Waals surface area contributed by atoms with Crippen LogP contribution in [0.3, 0.4) is 0 Å². The normalized spacial score (nSPS) is 15.4. The number of hydrazine groups is 1. The summed E-state index contributed by atoms with van der Waals surface area (Å²) in [4.78, 5) is 25.4. The molecule has 6 nitrogen and oxygen atoms in total. The summed E-state index contributed by atoms with van der Waals surface area (Å²) in [6.45, 7) is 0. The number of nitrogens with one attached hydrogen (secondary N) is 1. The summed E-state index contributed by atoms with van der Waals surface area (Å²) < 4.78 is 5.35. The van der Waals surface area contributed by atoms with Crippen molar-refractivity contribution in [1.82, 2.24) is 10.4 Å². The lowest BCUT2D eigenvalue weighted by Gasteiger charge is -2.16. The number of benzene rings is 2. The predicted octanol–water partition coefficient (Wildman–Crippen LogP) is 2.95. The average molecular weight is 386 g/mol. The zero-order valence-corrected chi connectivity index (χ0v) is 15.3. The highest BCUT2D eigenvalue weighted by atomic mass is 32.2. The second-order valence-electron chi connectivity index (χ2n) is 5.22. The van der Waals surface area contributed by atoms with Gasteiger partial charge in [-0.3, -0.25) is 15.0 Å². The van der Waals surface area contributed by atoms with Gasteiger partial charge in [-0.1, -0.05) is 42.1 Å². The van der Waals surface area contributed by atoms with Crippen LogP contribution in [0.4, 0.5) is 0 Å². The van der Waals surface area contributed by atoms with E-state index in [1.807, 2.05) is 0 Å².